The number of allylic oxidation sites excluding steroid dienone is 2. The van der Waals surface area contributed by atoms with Crippen LogP contribution in [0.3, 0.4) is 0 Å². The average Bonchev–Trinajstić information content (AvgIpc) is 2.78. The van der Waals surface area contributed by atoms with Crippen LogP contribution >= 0.6 is 40.6 Å². The third-order valence-corrected chi connectivity index (χ3v) is 8.70. The summed E-state index contributed by atoms with van der Waals surface area (Å²) in [4.78, 5) is 0. The van der Waals surface area contributed by atoms with E-state index in [0.717, 1.165) is 16.5 Å². The zero-order valence-corrected chi connectivity index (χ0v) is 19.2. The molecule has 0 spiro atoms. The molecule has 2 aromatic carbocycles. The molecule has 0 N–H and O–H groups in total. The summed E-state index contributed by atoms with van der Waals surface area (Å²) in [6.07, 6.45) is 0.996. The number of rotatable bonds is 4. The predicted octanol–water partition coefficient (Wildman–Crippen LogP) is 7.75. The molecule has 0 aromatic heterocycles. The Hall–Kier alpha value is -0.640. The summed E-state index contributed by atoms with van der Waals surface area (Å²) in [5.74, 6) is 0. The maximum atomic E-state index is 6.15. The van der Waals surface area contributed by atoms with E-state index in [1.165, 1.54) is 35.8 Å². The van der Waals surface area contributed by atoms with Gasteiger partial charge in [0.15, 0.2) is 0 Å². The largest absolute Gasteiger partial charge is 0.122 e. The second-order valence-corrected chi connectivity index (χ2v) is 11.1. The Morgan fingerprint density at radius 3 is 1.65 bits per heavy atom. The van der Waals surface area contributed by atoms with Crippen LogP contribution in [-0.2, 0) is 5.16 Å². The standard InChI is InChI=1S/C22H24Cl2P2/c1-14-15(2)21(4,26-16(14)3)13-22(25,17-5-9-19(23)10-6-17)18-7-11-20(24)12-8-18/h5-12H,13,25H2,1-4H3. The lowest BCUT2D eigenvalue weighted by Gasteiger charge is -2.38. The second kappa shape index (κ2) is 7.41. The van der Waals surface area contributed by atoms with Crippen molar-refractivity contribution in [1.82, 2.24) is 0 Å². The number of hydrogen-bond donors (Lipinski definition) is 0. The quantitative estimate of drug-likeness (QED) is 0.443. The summed E-state index contributed by atoms with van der Waals surface area (Å²) in [5.41, 5.74) is 5.45. The maximum absolute atomic E-state index is 6.15. The summed E-state index contributed by atoms with van der Waals surface area (Å²) < 4.78 is 0. The van der Waals surface area contributed by atoms with Crippen molar-refractivity contribution < 1.29 is 0 Å². The van der Waals surface area contributed by atoms with Crippen LogP contribution in [0, 0.1) is 0 Å². The van der Waals surface area contributed by atoms with Crippen LogP contribution in [0.2, 0.25) is 10.0 Å². The van der Waals surface area contributed by atoms with Gasteiger partial charge in [0.25, 0.3) is 0 Å². The Labute approximate surface area is 171 Å². The van der Waals surface area contributed by atoms with Gasteiger partial charge in [-0.1, -0.05) is 61.2 Å². The number of benzene rings is 2. The summed E-state index contributed by atoms with van der Waals surface area (Å²) in [6, 6.07) is 16.5. The average molecular weight is 421 g/mol. The molecule has 2 atom stereocenters. The second-order valence-electron chi connectivity index (χ2n) is 7.38. The molecule has 0 radical (unpaired) electrons. The van der Waals surface area contributed by atoms with Crippen molar-refractivity contribution in [3.63, 3.8) is 0 Å². The molecular weight excluding hydrogens is 397 g/mol. The van der Waals surface area contributed by atoms with Gasteiger partial charge in [-0.15, -0.1) is 9.24 Å². The summed E-state index contributed by atoms with van der Waals surface area (Å²) in [6.45, 7) is 9.17. The molecule has 0 saturated heterocycles. The molecule has 2 unspecified atom stereocenters. The predicted molar refractivity (Wildman–Crippen MR) is 122 cm³/mol. The van der Waals surface area contributed by atoms with Crippen LogP contribution in [-0.4, -0.2) is 10.4 Å². The Kier molecular flexibility index (Phi) is 5.73. The lowest BCUT2D eigenvalue weighted by atomic mass is 9.79. The van der Waals surface area contributed by atoms with E-state index in [1.807, 2.05) is 24.3 Å². The first kappa shape index (κ1) is 20.1. The highest BCUT2D eigenvalue weighted by molar-refractivity contribution is 7.44. The minimum absolute atomic E-state index is 0.106. The van der Waals surface area contributed by atoms with Crippen molar-refractivity contribution in [3.05, 3.63) is 80.8 Å². The molecule has 136 valence electrons. The fourth-order valence-corrected chi connectivity index (χ4v) is 6.75. The lowest BCUT2D eigenvalue weighted by molar-refractivity contribution is 0.567. The van der Waals surface area contributed by atoms with Crippen molar-refractivity contribution in [2.75, 3.05) is 0 Å². The molecule has 0 amide bonds. The smallest absolute Gasteiger partial charge is 0.0406 e. The lowest BCUT2D eigenvalue weighted by Crippen LogP contribution is -2.31. The van der Waals surface area contributed by atoms with Gasteiger partial charge in [-0.05, 0) is 80.4 Å². The Morgan fingerprint density at radius 1 is 0.885 bits per heavy atom. The Balaban J connectivity index is 2.13. The molecule has 1 aliphatic heterocycles. The van der Waals surface area contributed by atoms with Gasteiger partial charge in [0, 0.05) is 20.4 Å². The molecule has 0 fully saturated rings. The third kappa shape index (κ3) is 3.68. The molecule has 0 saturated carbocycles. The first-order chi connectivity index (χ1) is 12.2. The fraction of sp³-hybridized carbons (Fsp3) is 0.318. The minimum atomic E-state index is -0.205. The van der Waals surface area contributed by atoms with E-state index in [-0.39, 0.29) is 10.3 Å². The van der Waals surface area contributed by atoms with E-state index < -0.39 is 0 Å². The van der Waals surface area contributed by atoms with Gasteiger partial charge in [0.2, 0.25) is 0 Å². The fourth-order valence-electron chi connectivity index (χ4n) is 3.79. The monoisotopic (exact) mass is 420 g/mol. The van der Waals surface area contributed by atoms with E-state index in [1.54, 1.807) is 0 Å². The zero-order valence-electron chi connectivity index (χ0n) is 15.6. The van der Waals surface area contributed by atoms with Crippen molar-refractivity contribution in [1.29, 1.82) is 0 Å². The van der Waals surface area contributed by atoms with Crippen LogP contribution in [0.4, 0.5) is 0 Å². The van der Waals surface area contributed by atoms with E-state index in [4.69, 9.17) is 23.2 Å². The SMILES string of the molecule is CC1=PC(C)(CC(P)(c2ccc(Cl)cc2)c2ccc(Cl)cc2)C(C)=C1C. The highest BCUT2D eigenvalue weighted by Gasteiger charge is 2.41. The molecular formula is C22H24Cl2P2. The zero-order chi connectivity index (χ0) is 19.1. The van der Waals surface area contributed by atoms with Crippen LogP contribution in [0.15, 0.2) is 59.7 Å². The summed E-state index contributed by atoms with van der Waals surface area (Å²) >= 11 is 12.3. The summed E-state index contributed by atoms with van der Waals surface area (Å²) in [7, 11) is 4.55. The van der Waals surface area contributed by atoms with E-state index in [0.29, 0.717) is 0 Å². The van der Waals surface area contributed by atoms with Crippen LogP contribution in [0.5, 0.6) is 0 Å². The normalized spacial score (nSPS) is 21.1. The Bertz CT molecular complexity index is 834. The van der Waals surface area contributed by atoms with E-state index >= 15 is 0 Å². The summed E-state index contributed by atoms with van der Waals surface area (Å²) in [5, 5.41) is 2.90. The highest BCUT2D eigenvalue weighted by Crippen LogP contribution is 2.54. The van der Waals surface area contributed by atoms with Crippen molar-refractivity contribution >= 4 is 45.9 Å². The molecule has 3 rings (SSSR count). The van der Waals surface area contributed by atoms with Gasteiger partial charge in [-0.2, -0.15) is 0 Å². The van der Waals surface area contributed by atoms with Crippen LogP contribution in [0.25, 0.3) is 0 Å². The number of hydrogen-bond acceptors (Lipinski definition) is 0. The van der Waals surface area contributed by atoms with Gasteiger partial charge < -0.3 is 0 Å². The van der Waals surface area contributed by atoms with Crippen LogP contribution < -0.4 is 0 Å². The van der Waals surface area contributed by atoms with E-state index in [2.05, 4.69) is 61.2 Å². The molecule has 0 aliphatic carbocycles. The minimum Gasteiger partial charge on any atom is -0.122 e. The van der Waals surface area contributed by atoms with Crippen molar-refractivity contribution in [2.45, 2.75) is 44.4 Å². The molecule has 1 heterocycles. The molecule has 4 heteroatoms. The Morgan fingerprint density at radius 2 is 1.31 bits per heavy atom. The molecule has 1 aliphatic rings. The van der Waals surface area contributed by atoms with Crippen LogP contribution in [0.1, 0.15) is 45.2 Å². The van der Waals surface area contributed by atoms with Gasteiger partial charge in [-0.3, -0.25) is 0 Å². The van der Waals surface area contributed by atoms with Gasteiger partial charge >= 0.3 is 0 Å². The highest BCUT2D eigenvalue weighted by atomic mass is 35.5. The van der Waals surface area contributed by atoms with Gasteiger partial charge in [-0.25, -0.2) is 0 Å². The first-order valence-electron chi connectivity index (χ1n) is 8.71. The molecule has 26 heavy (non-hydrogen) atoms. The van der Waals surface area contributed by atoms with Crippen molar-refractivity contribution in [3.8, 4) is 0 Å². The van der Waals surface area contributed by atoms with E-state index in [9.17, 15) is 0 Å². The van der Waals surface area contributed by atoms with Gasteiger partial charge in [0.1, 0.15) is 0 Å². The first-order valence-corrected chi connectivity index (χ1v) is 10.9. The molecule has 0 bridgehead atoms. The third-order valence-electron chi connectivity index (χ3n) is 5.67. The number of halogens is 2. The molecule has 0 nitrogen and oxygen atoms in total. The molecule has 2 aromatic rings. The topological polar surface area (TPSA) is 0 Å². The van der Waals surface area contributed by atoms with Crippen molar-refractivity contribution in [2.24, 2.45) is 0 Å². The maximum Gasteiger partial charge on any atom is 0.0406 e. The van der Waals surface area contributed by atoms with Gasteiger partial charge in [0.05, 0.1) is 0 Å².